The summed E-state index contributed by atoms with van der Waals surface area (Å²) in [6, 6.07) is 8.25. The van der Waals surface area contributed by atoms with Gasteiger partial charge in [0.1, 0.15) is 5.82 Å². The van der Waals surface area contributed by atoms with Crippen LogP contribution in [0.4, 0.5) is 0 Å². The molecule has 2 heterocycles. The molecule has 0 saturated carbocycles. The maximum atomic E-state index is 5.91. The fraction of sp³-hybridized carbons (Fsp3) is 0.619. The van der Waals surface area contributed by atoms with Crippen molar-refractivity contribution in [3.8, 4) is 0 Å². The number of halogens is 1. The van der Waals surface area contributed by atoms with Crippen molar-refractivity contribution in [3.05, 3.63) is 30.1 Å². The van der Waals surface area contributed by atoms with Crippen molar-refractivity contribution < 1.29 is 4.74 Å². The molecule has 162 valence electrons. The molecule has 2 N–H and O–H groups in total. The molecule has 1 fully saturated rings. The van der Waals surface area contributed by atoms with Gasteiger partial charge in [-0.3, -0.25) is 9.89 Å². The van der Waals surface area contributed by atoms with Crippen LogP contribution < -0.4 is 10.6 Å². The number of hydrogen-bond acceptors (Lipinski definition) is 4. The Balaban J connectivity index is 0.00000300. The minimum atomic E-state index is 0. The Kier molecular flexibility index (Phi) is 9.64. The summed E-state index contributed by atoms with van der Waals surface area (Å²) in [5.41, 5.74) is 2.22. The number of imidazole rings is 1. The standard InChI is InChI=1S/C21H34N6O.HI/c1-16(2)14-26-11-12-28-18(15-26)13-24-21(22-4)23-9-10-27-17(3)25-19-7-5-6-8-20(19)27;/h5-8,16,18H,9-15H2,1-4H3,(H2,22,23,24);1H. The van der Waals surface area contributed by atoms with E-state index in [4.69, 9.17) is 4.74 Å². The SMILES string of the molecule is CN=C(NCCn1c(C)nc2ccccc21)NCC1CN(CC(C)C)CCO1.I. The Morgan fingerprint density at radius 1 is 1.31 bits per heavy atom. The third-order valence-electron chi connectivity index (χ3n) is 5.04. The highest BCUT2D eigenvalue weighted by Gasteiger charge is 2.21. The summed E-state index contributed by atoms with van der Waals surface area (Å²) in [7, 11) is 1.81. The number of fused-ring (bicyclic) bond motifs is 1. The van der Waals surface area contributed by atoms with Crippen LogP contribution in [-0.4, -0.2) is 72.9 Å². The van der Waals surface area contributed by atoms with E-state index in [0.29, 0.717) is 5.92 Å². The van der Waals surface area contributed by atoms with Crippen LogP contribution in [0.3, 0.4) is 0 Å². The fourth-order valence-corrected chi connectivity index (χ4v) is 3.78. The van der Waals surface area contributed by atoms with E-state index in [0.717, 1.165) is 63.2 Å². The van der Waals surface area contributed by atoms with Crippen molar-refractivity contribution in [3.63, 3.8) is 0 Å². The van der Waals surface area contributed by atoms with Crippen LogP contribution in [-0.2, 0) is 11.3 Å². The zero-order chi connectivity index (χ0) is 19.9. The summed E-state index contributed by atoms with van der Waals surface area (Å²) in [6.45, 7) is 12.9. The minimum absolute atomic E-state index is 0. The second-order valence-electron chi connectivity index (χ2n) is 7.83. The maximum Gasteiger partial charge on any atom is 0.191 e. The number of aromatic nitrogens is 2. The van der Waals surface area contributed by atoms with E-state index in [2.05, 4.69) is 69.0 Å². The van der Waals surface area contributed by atoms with Gasteiger partial charge in [0.05, 0.1) is 23.7 Å². The van der Waals surface area contributed by atoms with Crippen LogP contribution in [0.15, 0.2) is 29.3 Å². The first-order valence-electron chi connectivity index (χ1n) is 10.3. The number of morpholine rings is 1. The van der Waals surface area contributed by atoms with E-state index in [9.17, 15) is 0 Å². The summed E-state index contributed by atoms with van der Waals surface area (Å²) in [6.07, 6.45) is 0.200. The molecule has 3 rings (SSSR count). The molecule has 0 bridgehead atoms. The second-order valence-corrected chi connectivity index (χ2v) is 7.83. The van der Waals surface area contributed by atoms with E-state index >= 15 is 0 Å². The first-order chi connectivity index (χ1) is 13.6. The van der Waals surface area contributed by atoms with Crippen LogP contribution >= 0.6 is 24.0 Å². The lowest BCUT2D eigenvalue weighted by Crippen LogP contribution is -2.50. The van der Waals surface area contributed by atoms with Gasteiger partial charge in [-0.05, 0) is 25.0 Å². The lowest BCUT2D eigenvalue weighted by Gasteiger charge is -2.34. The van der Waals surface area contributed by atoms with Crippen molar-refractivity contribution in [1.82, 2.24) is 25.1 Å². The number of hydrogen-bond donors (Lipinski definition) is 2. The average molecular weight is 514 g/mol. The number of aryl methyl sites for hydroxylation is 1. The first kappa shape index (κ1) is 23.9. The largest absolute Gasteiger partial charge is 0.374 e. The Hall–Kier alpha value is -1.39. The summed E-state index contributed by atoms with van der Waals surface area (Å²) in [5, 5.41) is 6.81. The van der Waals surface area contributed by atoms with E-state index < -0.39 is 0 Å². The number of benzene rings is 1. The number of para-hydroxylation sites is 2. The van der Waals surface area contributed by atoms with Gasteiger partial charge in [-0.25, -0.2) is 4.98 Å². The minimum Gasteiger partial charge on any atom is -0.374 e. The monoisotopic (exact) mass is 514 g/mol. The van der Waals surface area contributed by atoms with Crippen LogP contribution in [0.2, 0.25) is 0 Å². The molecule has 1 aromatic heterocycles. The van der Waals surface area contributed by atoms with Crippen molar-refractivity contribution in [2.45, 2.75) is 33.4 Å². The Labute approximate surface area is 191 Å². The topological polar surface area (TPSA) is 66.7 Å². The molecule has 1 aliphatic rings. The van der Waals surface area contributed by atoms with Gasteiger partial charge >= 0.3 is 0 Å². The molecule has 8 heteroatoms. The van der Waals surface area contributed by atoms with Gasteiger partial charge in [-0.2, -0.15) is 0 Å². The zero-order valence-electron chi connectivity index (χ0n) is 18.0. The van der Waals surface area contributed by atoms with Crippen LogP contribution in [0, 0.1) is 12.8 Å². The highest BCUT2D eigenvalue weighted by atomic mass is 127. The molecule has 0 aliphatic carbocycles. The van der Waals surface area contributed by atoms with Crippen molar-refractivity contribution >= 4 is 41.0 Å². The van der Waals surface area contributed by atoms with E-state index in [1.165, 1.54) is 5.52 Å². The molecule has 1 atom stereocenters. The third kappa shape index (κ3) is 6.82. The highest BCUT2D eigenvalue weighted by molar-refractivity contribution is 14.0. The smallest absolute Gasteiger partial charge is 0.191 e. The molecule has 1 unspecified atom stereocenters. The molecule has 1 aromatic carbocycles. The second kappa shape index (κ2) is 11.7. The van der Waals surface area contributed by atoms with Crippen LogP contribution in [0.25, 0.3) is 11.0 Å². The number of ether oxygens (including phenoxy) is 1. The molecule has 0 spiro atoms. The Morgan fingerprint density at radius 3 is 2.86 bits per heavy atom. The quantitative estimate of drug-likeness (QED) is 0.338. The highest BCUT2D eigenvalue weighted by Crippen LogP contribution is 2.14. The fourth-order valence-electron chi connectivity index (χ4n) is 3.78. The predicted octanol–water partition coefficient (Wildman–Crippen LogP) is 2.48. The maximum absolute atomic E-state index is 5.91. The average Bonchev–Trinajstić information content (AvgIpc) is 2.99. The molecule has 0 amide bonds. The molecule has 2 aromatic rings. The van der Waals surface area contributed by atoms with Gasteiger partial charge in [0.25, 0.3) is 0 Å². The van der Waals surface area contributed by atoms with Gasteiger partial charge in [0.2, 0.25) is 0 Å². The normalized spacial score (nSPS) is 18.1. The molecule has 0 radical (unpaired) electrons. The van der Waals surface area contributed by atoms with Gasteiger partial charge in [-0.15, -0.1) is 24.0 Å². The van der Waals surface area contributed by atoms with Crippen molar-refractivity contribution in [1.29, 1.82) is 0 Å². The summed E-state index contributed by atoms with van der Waals surface area (Å²) in [5.74, 6) is 2.53. The van der Waals surface area contributed by atoms with Crippen LogP contribution in [0.1, 0.15) is 19.7 Å². The molecule has 7 nitrogen and oxygen atoms in total. The zero-order valence-corrected chi connectivity index (χ0v) is 20.3. The number of guanidine groups is 1. The molecular formula is C21H35IN6O. The van der Waals surface area contributed by atoms with Gasteiger partial charge in [-0.1, -0.05) is 26.0 Å². The Bertz CT molecular complexity index is 791. The predicted molar refractivity (Wildman–Crippen MR) is 130 cm³/mol. The number of rotatable bonds is 7. The summed E-state index contributed by atoms with van der Waals surface area (Å²) in [4.78, 5) is 11.5. The van der Waals surface area contributed by atoms with Crippen LogP contribution in [0.5, 0.6) is 0 Å². The molecule has 29 heavy (non-hydrogen) atoms. The first-order valence-corrected chi connectivity index (χ1v) is 10.3. The summed E-state index contributed by atoms with van der Waals surface area (Å²) >= 11 is 0. The summed E-state index contributed by atoms with van der Waals surface area (Å²) < 4.78 is 8.15. The third-order valence-corrected chi connectivity index (χ3v) is 5.04. The number of nitrogens with one attached hydrogen (secondary N) is 2. The molecular weight excluding hydrogens is 479 g/mol. The number of nitrogens with zero attached hydrogens (tertiary/aromatic N) is 4. The lowest BCUT2D eigenvalue weighted by atomic mass is 10.2. The van der Waals surface area contributed by atoms with Gasteiger partial charge < -0.3 is 19.9 Å². The van der Waals surface area contributed by atoms with E-state index in [1.54, 1.807) is 7.05 Å². The number of aliphatic imine (C=N–C) groups is 1. The molecule has 1 saturated heterocycles. The van der Waals surface area contributed by atoms with Gasteiger partial charge in [0.15, 0.2) is 5.96 Å². The van der Waals surface area contributed by atoms with E-state index in [-0.39, 0.29) is 30.1 Å². The van der Waals surface area contributed by atoms with Gasteiger partial charge in [0, 0.05) is 46.3 Å². The lowest BCUT2D eigenvalue weighted by molar-refractivity contribution is -0.0284. The van der Waals surface area contributed by atoms with Crippen molar-refractivity contribution in [2.24, 2.45) is 10.9 Å². The van der Waals surface area contributed by atoms with E-state index in [1.807, 2.05) is 6.07 Å². The van der Waals surface area contributed by atoms with Crippen molar-refractivity contribution in [2.75, 3.05) is 46.4 Å². The Morgan fingerprint density at radius 2 is 2.10 bits per heavy atom. The molecule has 1 aliphatic heterocycles.